The van der Waals surface area contributed by atoms with Crippen molar-refractivity contribution in [1.29, 1.82) is 0 Å². The van der Waals surface area contributed by atoms with Gasteiger partial charge in [-0.1, -0.05) is 18.2 Å². The van der Waals surface area contributed by atoms with E-state index in [4.69, 9.17) is 0 Å². The van der Waals surface area contributed by atoms with Crippen molar-refractivity contribution in [3.05, 3.63) is 29.8 Å². The van der Waals surface area contributed by atoms with Crippen molar-refractivity contribution in [2.75, 3.05) is 18.4 Å². The Morgan fingerprint density at radius 3 is 3.15 bits per heavy atom. The number of para-hydroxylation sites is 1. The lowest BCUT2D eigenvalue weighted by molar-refractivity contribution is 0.470. The quantitative estimate of drug-likeness (QED) is 0.626. The summed E-state index contributed by atoms with van der Waals surface area (Å²) in [6, 6.07) is 9.24. The molecule has 13 heavy (non-hydrogen) atoms. The van der Waals surface area contributed by atoms with Crippen LogP contribution in [-0.2, 0) is 0 Å². The lowest BCUT2D eigenvalue weighted by atomic mass is 9.90. The van der Waals surface area contributed by atoms with Gasteiger partial charge in [0.1, 0.15) is 0 Å². The first-order chi connectivity index (χ1) is 6.45. The molecule has 68 valence electrons. The van der Waals surface area contributed by atoms with Crippen molar-refractivity contribution >= 4 is 5.69 Å². The summed E-state index contributed by atoms with van der Waals surface area (Å²) in [7, 11) is 0. The molecule has 2 heteroatoms. The van der Waals surface area contributed by atoms with Crippen LogP contribution in [0.25, 0.3) is 0 Å². The van der Waals surface area contributed by atoms with E-state index in [1.807, 2.05) is 0 Å². The second kappa shape index (κ2) is 2.74. The molecule has 0 aromatic heterocycles. The zero-order valence-corrected chi connectivity index (χ0v) is 7.59. The van der Waals surface area contributed by atoms with Gasteiger partial charge in [-0.25, -0.2) is 0 Å². The fourth-order valence-electron chi connectivity index (χ4n) is 2.51. The van der Waals surface area contributed by atoms with Crippen molar-refractivity contribution in [1.82, 2.24) is 5.32 Å². The van der Waals surface area contributed by atoms with E-state index in [1.165, 1.54) is 24.2 Å². The molecule has 3 rings (SSSR count). The molecule has 0 unspecified atom stereocenters. The first-order valence-corrected chi connectivity index (χ1v) is 5.01. The first kappa shape index (κ1) is 7.39. The van der Waals surface area contributed by atoms with Gasteiger partial charge in [-0.05, 0) is 30.5 Å². The third-order valence-corrected chi connectivity index (χ3v) is 3.20. The molecule has 0 bridgehead atoms. The van der Waals surface area contributed by atoms with Gasteiger partial charge in [0, 0.05) is 18.3 Å². The summed E-state index contributed by atoms with van der Waals surface area (Å²) in [5.41, 5.74) is 2.77. The molecule has 1 saturated heterocycles. The molecule has 1 fully saturated rings. The highest BCUT2D eigenvalue weighted by Gasteiger charge is 2.32. The Balaban J connectivity index is 2.06. The molecule has 2 N–H and O–H groups in total. The molecular formula is C11H14N2. The Morgan fingerprint density at radius 1 is 1.23 bits per heavy atom. The van der Waals surface area contributed by atoms with Gasteiger partial charge in [-0.2, -0.15) is 0 Å². The predicted octanol–water partition coefficient (Wildman–Crippen LogP) is 1.76. The molecule has 2 aliphatic rings. The number of anilines is 1. The Kier molecular flexibility index (Phi) is 1.56. The van der Waals surface area contributed by atoms with Crippen LogP contribution in [0.2, 0.25) is 0 Å². The smallest absolute Gasteiger partial charge is 0.0388 e. The number of rotatable bonds is 0. The molecule has 0 radical (unpaired) electrons. The average molecular weight is 174 g/mol. The van der Waals surface area contributed by atoms with Gasteiger partial charge in [-0.3, -0.25) is 0 Å². The minimum Gasteiger partial charge on any atom is -0.384 e. The lowest BCUT2D eigenvalue weighted by Crippen LogP contribution is -2.28. The maximum atomic E-state index is 3.57. The number of nitrogens with one attached hydrogen (secondary N) is 2. The van der Waals surface area contributed by atoms with E-state index >= 15 is 0 Å². The van der Waals surface area contributed by atoms with Crippen LogP contribution in [0.3, 0.4) is 0 Å². The summed E-state index contributed by atoms with van der Waals surface area (Å²) in [6.45, 7) is 2.31. The van der Waals surface area contributed by atoms with Crippen molar-refractivity contribution in [2.24, 2.45) is 5.92 Å². The van der Waals surface area contributed by atoms with Gasteiger partial charge >= 0.3 is 0 Å². The third kappa shape index (κ3) is 1.05. The second-order valence-corrected chi connectivity index (χ2v) is 3.95. The molecule has 0 aliphatic carbocycles. The number of hydrogen-bond donors (Lipinski definition) is 2. The fourth-order valence-corrected chi connectivity index (χ4v) is 2.51. The van der Waals surface area contributed by atoms with E-state index < -0.39 is 0 Å². The van der Waals surface area contributed by atoms with Crippen LogP contribution in [0.15, 0.2) is 24.3 Å². The summed E-state index contributed by atoms with van der Waals surface area (Å²) in [6.07, 6.45) is 1.31. The third-order valence-electron chi connectivity index (χ3n) is 3.20. The molecule has 2 heterocycles. The summed E-state index contributed by atoms with van der Waals surface area (Å²) >= 11 is 0. The summed E-state index contributed by atoms with van der Waals surface area (Å²) in [4.78, 5) is 0. The van der Waals surface area contributed by atoms with Crippen LogP contribution in [0.4, 0.5) is 5.69 Å². The van der Waals surface area contributed by atoms with Crippen molar-refractivity contribution in [2.45, 2.75) is 12.5 Å². The Morgan fingerprint density at radius 2 is 2.15 bits per heavy atom. The maximum absolute atomic E-state index is 3.57. The lowest BCUT2D eigenvalue weighted by Gasteiger charge is -2.29. The average Bonchev–Trinajstić information content (AvgIpc) is 2.65. The van der Waals surface area contributed by atoms with E-state index in [0.717, 1.165) is 12.5 Å². The van der Waals surface area contributed by atoms with Crippen LogP contribution < -0.4 is 10.6 Å². The molecule has 2 atom stereocenters. The minimum absolute atomic E-state index is 0.609. The fraction of sp³-hybridized carbons (Fsp3) is 0.455. The van der Waals surface area contributed by atoms with Gasteiger partial charge < -0.3 is 10.6 Å². The monoisotopic (exact) mass is 174 g/mol. The molecule has 1 aromatic carbocycles. The van der Waals surface area contributed by atoms with Crippen LogP contribution in [0, 0.1) is 5.92 Å². The largest absolute Gasteiger partial charge is 0.384 e. The number of benzene rings is 1. The van der Waals surface area contributed by atoms with Crippen molar-refractivity contribution < 1.29 is 0 Å². The normalized spacial score (nSPS) is 30.5. The second-order valence-electron chi connectivity index (χ2n) is 3.95. The van der Waals surface area contributed by atoms with Gasteiger partial charge in [0.05, 0.1) is 0 Å². The Bertz CT molecular complexity index is 322. The zero-order chi connectivity index (χ0) is 8.67. The highest BCUT2D eigenvalue weighted by atomic mass is 15.0. The van der Waals surface area contributed by atoms with Crippen LogP contribution >= 0.6 is 0 Å². The molecule has 2 nitrogen and oxygen atoms in total. The minimum atomic E-state index is 0.609. The van der Waals surface area contributed by atoms with Crippen molar-refractivity contribution in [3.8, 4) is 0 Å². The van der Waals surface area contributed by atoms with Gasteiger partial charge in [0.2, 0.25) is 0 Å². The summed E-state index contributed by atoms with van der Waals surface area (Å²) in [5, 5.41) is 7.07. The molecule has 0 saturated carbocycles. The van der Waals surface area contributed by atoms with Gasteiger partial charge in [0.15, 0.2) is 0 Å². The topological polar surface area (TPSA) is 24.1 Å². The number of fused-ring (bicyclic) bond motifs is 3. The van der Waals surface area contributed by atoms with Crippen molar-refractivity contribution in [3.63, 3.8) is 0 Å². The maximum Gasteiger partial charge on any atom is 0.0388 e. The van der Waals surface area contributed by atoms with E-state index in [1.54, 1.807) is 0 Å². The molecule has 1 aromatic rings. The highest BCUT2D eigenvalue weighted by Crippen LogP contribution is 2.37. The highest BCUT2D eigenvalue weighted by molar-refractivity contribution is 5.55. The van der Waals surface area contributed by atoms with Crippen LogP contribution in [-0.4, -0.2) is 13.1 Å². The number of hydrogen-bond acceptors (Lipinski definition) is 2. The zero-order valence-electron chi connectivity index (χ0n) is 7.59. The van der Waals surface area contributed by atoms with Crippen LogP contribution in [0.5, 0.6) is 0 Å². The van der Waals surface area contributed by atoms with Crippen LogP contribution in [0.1, 0.15) is 18.0 Å². The van der Waals surface area contributed by atoms with Gasteiger partial charge in [0.25, 0.3) is 0 Å². The van der Waals surface area contributed by atoms with Gasteiger partial charge in [-0.15, -0.1) is 0 Å². The van der Waals surface area contributed by atoms with E-state index in [-0.39, 0.29) is 0 Å². The van der Waals surface area contributed by atoms with E-state index in [9.17, 15) is 0 Å². The summed E-state index contributed by atoms with van der Waals surface area (Å²) in [5.74, 6) is 0.801. The molecule has 2 aliphatic heterocycles. The Hall–Kier alpha value is -1.02. The first-order valence-electron chi connectivity index (χ1n) is 5.01. The summed E-state index contributed by atoms with van der Waals surface area (Å²) < 4.78 is 0. The molecule has 0 amide bonds. The van der Waals surface area contributed by atoms with E-state index in [2.05, 4.69) is 34.9 Å². The SMILES string of the molecule is c1ccc2c(c1)NC[C@H]1CCN[C@@H]21. The van der Waals surface area contributed by atoms with E-state index in [0.29, 0.717) is 6.04 Å². The standard InChI is InChI=1S/C11H14N2/c1-2-4-10-9(3-1)11-8(7-13-10)5-6-12-11/h1-4,8,11-13H,5-7H2/t8-,11-/m1/s1. The molecule has 0 spiro atoms. The Labute approximate surface area is 78.3 Å². The molecular weight excluding hydrogens is 160 g/mol. The predicted molar refractivity (Wildman–Crippen MR) is 53.8 cm³/mol.